The Bertz CT molecular complexity index is 1200. The first kappa shape index (κ1) is 23.1. The molecule has 2 aromatic rings. The first-order chi connectivity index (χ1) is 14.3. The second-order valence-electron chi connectivity index (χ2n) is 7.07. The minimum absolute atomic E-state index is 0.0354. The summed E-state index contributed by atoms with van der Waals surface area (Å²) in [6, 6.07) is 4.79. The molecule has 0 atom stereocenters. The molecular formula is C18H15ClF4N4O3S. The molecule has 31 heavy (non-hydrogen) atoms. The van der Waals surface area contributed by atoms with E-state index < -0.39 is 56.2 Å². The second kappa shape index (κ2) is 7.81. The van der Waals surface area contributed by atoms with Gasteiger partial charge in [-0.15, -0.1) is 0 Å². The van der Waals surface area contributed by atoms with Crippen LogP contribution in [0.4, 0.5) is 23.2 Å². The number of sulfonamides is 1. The first-order valence-electron chi connectivity index (χ1n) is 8.78. The van der Waals surface area contributed by atoms with Gasteiger partial charge < -0.3 is 9.88 Å². The van der Waals surface area contributed by atoms with Gasteiger partial charge in [0.1, 0.15) is 28.0 Å². The summed E-state index contributed by atoms with van der Waals surface area (Å²) in [6.45, 7) is 0. The van der Waals surface area contributed by atoms with Crippen molar-refractivity contribution in [1.29, 1.82) is 5.26 Å². The lowest BCUT2D eigenvalue weighted by molar-refractivity contribution is -0.212. The number of amides is 1. The summed E-state index contributed by atoms with van der Waals surface area (Å²) in [5.74, 6) is -1.70. The highest BCUT2D eigenvalue weighted by Crippen LogP contribution is 2.46. The largest absolute Gasteiger partial charge is 0.407 e. The summed E-state index contributed by atoms with van der Waals surface area (Å²) < 4.78 is 81.6. The van der Waals surface area contributed by atoms with Crippen molar-refractivity contribution >= 4 is 33.2 Å². The van der Waals surface area contributed by atoms with Crippen LogP contribution in [0.2, 0.25) is 5.02 Å². The number of aromatic nitrogens is 1. The predicted octanol–water partition coefficient (Wildman–Crippen LogP) is 3.70. The highest BCUT2D eigenvalue weighted by molar-refractivity contribution is 7.89. The van der Waals surface area contributed by atoms with E-state index in [1.807, 2.05) is 0 Å². The van der Waals surface area contributed by atoms with Crippen molar-refractivity contribution in [3.05, 3.63) is 46.5 Å². The monoisotopic (exact) mass is 478 g/mol. The van der Waals surface area contributed by atoms with Gasteiger partial charge in [-0.1, -0.05) is 11.6 Å². The molecule has 1 aromatic carbocycles. The molecule has 0 unspecified atom stereocenters. The Balaban J connectivity index is 1.91. The molecule has 13 heteroatoms. The van der Waals surface area contributed by atoms with E-state index in [4.69, 9.17) is 16.9 Å². The number of benzene rings is 1. The van der Waals surface area contributed by atoms with Crippen LogP contribution in [0.1, 0.15) is 35.3 Å². The molecule has 1 aliphatic carbocycles. The molecule has 1 heterocycles. The number of alkyl halides is 3. The zero-order valence-electron chi connectivity index (χ0n) is 15.8. The Morgan fingerprint density at radius 1 is 1.32 bits per heavy atom. The fourth-order valence-corrected chi connectivity index (χ4v) is 5.33. The zero-order valence-corrected chi connectivity index (χ0v) is 17.4. The third-order valence-corrected chi connectivity index (χ3v) is 7.06. The number of halogens is 5. The highest BCUT2D eigenvalue weighted by Gasteiger charge is 2.60. The molecule has 7 nitrogen and oxygen atoms in total. The normalized spacial score (nSPS) is 15.8. The van der Waals surface area contributed by atoms with Crippen LogP contribution in [0.25, 0.3) is 0 Å². The first-order valence-corrected chi connectivity index (χ1v) is 10.6. The number of carbonyl (C=O) groups is 1. The van der Waals surface area contributed by atoms with E-state index in [0.29, 0.717) is 0 Å². The molecule has 0 aliphatic heterocycles. The van der Waals surface area contributed by atoms with Crippen LogP contribution in [-0.4, -0.2) is 30.6 Å². The maximum atomic E-state index is 13.4. The number of aryl methyl sites for hydroxylation is 1. The van der Waals surface area contributed by atoms with E-state index in [2.05, 4.69) is 5.32 Å². The number of carbonyl (C=O) groups excluding carboxylic acids is 1. The molecule has 1 aromatic heterocycles. The Morgan fingerprint density at radius 3 is 2.48 bits per heavy atom. The van der Waals surface area contributed by atoms with Crippen molar-refractivity contribution in [3.8, 4) is 6.07 Å². The van der Waals surface area contributed by atoms with Gasteiger partial charge in [0.25, 0.3) is 5.91 Å². The van der Waals surface area contributed by atoms with E-state index in [0.717, 1.165) is 22.9 Å². The van der Waals surface area contributed by atoms with Crippen molar-refractivity contribution in [1.82, 2.24) is 9.29 Å². The topological polar surface area (TPSA) is 104 Å². The molecule has 1 saturated carbocycles. The second-order valence-corrected chi connectivity index (χ2v) is 9.10. The Morgan fingerprint density at radius 2 is 1.97 bits per heavy atom. The van der Waals surface area contributed by atoms with Gasteiger partial charge in [-0.2, -0.15) is 23.2 Å². The highest BCUT2D eigenvalue weighted by atomic mass is 35.5. The summed E-state index contributed by atoms with van der Waals surface area (Å²) >= 11 is 6.07. The third kappa shape index (κ3) is 4.13. The lowest BCUT2D eigenvalue weighted by Crippen LogP contribution is -2.62. The van der Waals surface area contributed by atoms with E-state index in [9.17, 15) is 30.8 Å². The van der Waals surface area contributed by atoms with Crippen molar-refractivity contribution in [2.75, 3.05) is 5.32 Å². The number of rotatable bonds is 5. The smallest absolute Gasteiger partial charge is 0.344 e. The van der Waals surface area contributed by atoms with E-state index >= 15 is 0 Å². The van der Waals surface area contributed by atoms with Crippen LogP contribution in [-0.2, 0) is 17.1 Å². The van der Waals surface area contributed by atoms with Crippen molar-refractivity contribution in [2.45, 2.75) is 35.9 Å². The fraction of sp³-hybridized carbons (Fsp3) is 0.333. The van der Waals surface area contributed by atoms with Crippen LogP contribution < -0.4 is 10.0 Å². The molecule has 0 spiro atoms. The maximum absolute atomic E-state index is 13.4. The van der Waals surface area contributed by atoms with Crippen molar-refractivity contribution in [2.24, 2.45) is 7.05 Å². The van der Waals surface area contributed by atoms with Crippen molar-refractivity contribution in [3.63, 3.8) is 0 Å². The Labute approximate surface area is 179 Å². The predicted molar refractivity (Wildman–Crippen MR) is 102 cm³/mol. The lowest BCUT2D eigenvalue weighted by atomic mass is 9.77. The maximum Gasteiger partial charge on any atom is 0.407 e. The molecule has 1 aliphatic rings. The molecule has 166 valence electrons. The summed E-state index contributed by atoms with van der Waals surface area (Å²) in [5.41, 5.74) is -3.22. The van der Waals surface area contributed by atoms with Gasteiger partial charge in [-0.05, 0) is 37.5 Å². The molecule has 3 rings (SSSR count). The van der Waals surface area contributed by atoms with Gasteiger partial charge in [-0.3, -0.25) is 4.79 Å². The molecule has 0 bridgehead atoms. The zero-order chi connectivity index (χ0) is 23.2. The third-order valence-electron chi connectivity index (χ3n) is 5.02. The average molecular weight is 479 g/mol. The van der Waals surface area contributed by atoms with Gasteiger partial charge in [0.2, 0.25) is 10.0 Å². The molecule has 1 amide bonds. The van der Waals surface area contributed by atoms with Crippen LogP contribution >= 0.6 is 11.6 Å². The van der Waals surface area contributed by atoms with Gasteiger partial charge in [-0.25, -0.2) is 12.8 Å². The minimum atomic E-state index is -4.79. The van der Waals surface area contributed by atoms with Gasteiger partial charge in [0, 0.05) is 18.9 Å². The molecule has 0 radical (unpaired) electrons. The molecule has 0 saturated heterocycles. The Hall–Kier alpha value is -2.62. The van der Waals surface area contributed by atoms with E-state index in [-0.39, 0.29) is 23.4 Å². The van der Waals surface area contributed by atoms with Gasteiger partial charge >= 0.3 is 6.18 Å². The van der Waals surface area contributed by atoms with Crippen LogP contribution in [0.5, 0.6) is 0 Å². The van der Waals surface area contributed by atoms with E-state index in [1.165, 1.54) is 13.1 Å². The van der Waals surface area contributed by atoms with Crippen molar-refractivity contribution < 1.29 is 30.8 Å². The van der Waals surface area contributed by atoms with Crippen LogP contribution in [0.3, 0.4) is 0 Å². The van der Waals surface area contributed by atoms with Crippen LogP contribution in [0.15, 0.2) is 29.3 Å². The average Bonchev–Trinajstić information content (AvgIpc) is 2.94. The van der Waals surface area contributed by atoms with E-state index in [1.54, 1.807) is 10.8 Å². The lowest BCUT2D eigenvalue weighted by Gasteiger charge is -2.43. The quantitative estimate of drug-likeness (QED) is 0.639. The summed E-state index contributed by atoms with van der Waals surface area (Å²) in [5, 5.41) is 10.6. The number of nitrogens with one attached hydrogen (secondary N) is 2. The summed E-state index contributed by atoms with van der Waals surface area (Å²) in [4.78, 5) is 11.9. The minimum Gasteiger partial charge on any atom is -0.344 e. The molecule has 2 N–H and O–H groups in total. The SMILES string of the molecule is Cn1cc(S(=O)(=O)NC2(C(F)(F)F)CCC2)c(Cl)c1C(=O)Nc1ccc(F)c(C#N)c1. The summed E-state index contributed by atoms with van der Waals surface area (Å²) in [6.07, 6.45) is -4.46. The van der Waals surface area contributed by atoms with Gasteiger partial charge in [0.05, 0.1) is 10.6 Å². The van der Waals surface area contributed by atoms with Crippen LogP contribution in [0, 0.1) is 17.1 Å². The van der Waals surface area contributed by atoms with Gasteiger partial charge in [0.15, 0.2) is 0 Å². The summed E-state index contributed by atoms with van der Waals surface area (Å²) in [7, 11) is -3.43. The number of anilines is 1. The number of hydrogen-bond donors (Lipinski definition) is 2. The number of hydrogen-bond acceptors (Lipinski definition) is 4. The fourth-order valence-electron chi connectivity index (χ4n) is 3.18. The molecular weight excluding hydrogens is 464 g/mol. The Kier molecular flexibility index (Phi) is 5.81. The molecule has 1 fully saturated rings. The number of nitriles is 1. The standard InChI is InChI=1S/C18H15ClF4N4O3S/c1-27-9-13(31(29,30)26-17(5-2-6-17)18(21,22)23)14(19)15(27)16(28)25-11-3-4-12(20)10(7-11)8-24/h3-4,7,9,26H,2,5-6H2,1H3,(H,25,28). The number of nitrogens with zero attached hydrogens (tertiary/aromatic N) is 2.